The minimum Gasteiger partial charge on any atom is -0.468 e. The Bertz CT molecular complexity index is 1150. The second kappa shape index (κ2) is 8.45. The van der Waals surface area contributed by atoms with Gasteiger partial charge in [0, 0.05) is 17.6 Å². The van der Waals surface area contributed by atoms with Crippen molar-refractivity contribution in [1.29, 1.82) is 0 Å². The van der Waals surface area contributed by atoms with Crippen molar-refractivity contribution in [3.05, 3.63) is 106 Å². The van der Waals surface area contributed by atoms with Gasteiger partial charge in [-0.3, -0.25) is 4.79 Å². The summed E-state index contributed by atoms with van der Waals surface area (Å²) in [5.74, 6) is 0.519. The van der Waals surface area contributed by atoms with E-state index in [2.05, 4.69) is 23.3 Å². The minimum atomic E-state index is -0.259. The molecule has 0 radical (unpaired) electrons. The molecule has 4 nitrogen and oxygen atoms in total. The van der Waals surface area contributed by atoms with Gasteiger partial charge in [0.1, 0.15) is 11.6 Å². The van der Waals surface area contributed by atoms with E-state index in [-0.39, 0.29) is 17.4 Å². The molecule has 0 aliphatic rings. The van der Waals surface area contributed by atoms with Gasteiger partial charge in [0.25, 0.3) is 5.56 Å². The maximum absolute atomic E-state index is 13.2. The second-order valence-corrected chi connectivity index (χ2v) is 7.18. The summed E-state index contributed by atoms with van der Waals surface area (Å²) < 4.78 is 18.8. The van der Waals surface area contributed by atoms with Gasteiger partial charge in [-0.1, -0.05) is 25.1 Å². The van der Waals surface area contributed by atoms with Crippen LogP contribution in [0.4, 0.5) is 4.39 Å². The van der Waals surface area contributed by atoms with E-state index in [0.29, 0.717) is 18.5 Å². The molecule has 0 saturated heterocycles. The topological polar surface area (TPSA) is 58.0 Å². The number of hydrogen-bond acceptors (Lipinski definition) is 3. The van der Waals surface area contributed by atoms with Crippen LogP contribution in [0.5, 0.6) is 0 Å². The Kier molecular flexibility index (Phi) is 5.58. The number of nitrogens with one attached hydrogen (secondary N) is 2. The number of hydrogen-bond donors (Lipinski definition) is 2. The predicted octanol–water partition coefficient (Wildman–Crippen LogP) is 4.90. The SMILES string of the molecule is CCc1ccc2[nH]c(=O)c(CNC(Cc3ccc(F)cc3)c3ccco3)cc2c1. The van der Waals surface area contributed by atoms with E-state index >= 15 is 0 Å². The molecule has 0 aliphatic carbocycles. The summed E-state index contributed by atoms with van der Waals surface area (Å²) in [5.41, 5.74) is 3.62. The molecular formula is C24H23FN2O2. The lowest BCUT2D eigenvalue weighted by molar-refractivity contribution is 0.408. The first-order valence-corrected chi connectivity index (χ1v) is 9.78. The number of halogens is 1. The van der Waals surface area contributed by atoms with Gasteiger partial charge < -0.3 is 14.7 Å². The van der Waals surface area contributed by atoms with Crippen molar-refractivity contribution in [2.24, 2.45) is 0 Å². The van der Waals surface area contributed by atoms with Crippen LogP contribution in [-0.4, -0.2) is 4.98 Å². The van der Waals surface area contributed by atoms with Crippen molar-refractivity contribution in [3.63, 3.8) is 0 Å². The molecule has 2 aromatic heterocycles. The van der Waals surface area contributed by atoms with E-state index in [9.17, 15) is 9.18 Å². The number of H-pyrrole nitrogens is 1. The van der Waals surface area contributed by atoms with Crippen LogP contribution in [0.3, 0.4) is 0 Å². The highest BCUT2D eigenvalue weighted by atomic mass is 19.1. The lowest BCUT2D eigenvalue weighted by Gasteiger charge is -2.17. The quantitative estimate of drug-likeness (QED) is 0.472. The molecule has 2 heterocycles. The molecule has 0 bridgehead atoms. The first-order valence-electron chi connectivity index (χ1n) is 9.78. The van der Waals surface area contributed by atoms with E-state index in [0.717, 1.165) is 28.6 Å². The van der Waals surface area contributed by atoms with Crippen molar-refractivity contribution >= 4 is 10.9 Å². The second-order valence-electron chi connectivity index (χ2n) is 7.18. The molecule has 4 aromatic rings. The molecule has 5 heteroatoms. The molecule has 0 aliphatic heterocycles. The van der Waals surface area contributed by atoms with Crippen LogP contribution in [-0.2, 0) is 19.4 Å². The van der Waals surface area contributed by atoms with Gasteiger partial charge in [0.2, 0.25) is 0 Å². The number of aryl methyl sites for hydroxylation is 1. The first kappa shape index (κ1) is 19.2. The Hall–Kier alpha value is -3.18. The van der Waals surface area contributed by atoms with Crippen molar-refractivity contribution in [3.8, 4) is 0 Å². The normalized spacial score (nSPS) is 12.3. The van der Waals surface area contributed by atoms with E-state index in [1.54, 1.807) is 18.4 Å². The zero-order chi connectivity index (χ0) is 20.2. The average Bonchev–Trinajstić information content (AvgIpc) is 3.27. The zero-order valence-electron chi connectivity index (χ0n) is 16.2. The monoisotopic (exact) mass is 390 g/mol. The van der Waals surface area contributed by atoms with Gasteiger partial charge in [0.15, 0.2) is 0 Å². The minimum absolute atomic E-state index is 0.103. The van der Waals surface area contributed by atoms with Gasteiger partial charge in [-0.05, 0) is 71.8 Å². The molecule has 2 aromatic carbocycles. The highest BCUT2D eigenvalue weighted by molar-refractivity contribution is 5.79. The van der Waals surface area contributed by atoms with Crippen LogP contribution in [0.15, 0.2) is 76.1 Å². The number of fused-ring (bicyclic) bond motifs is 1. The maximum atomic E-state index is 13.2. The van der Waals surface area contributed by atoms with Crippen LogP contribution in [0.1, 0.15) is 35.4 Å². The molecule has 29 heavy (non-hydrogen) atoms. The summed E-state index contributed by atoms with van der Waals surface area (Å²) in [6.45, 7) is 2.51. The van der Waals surface area contributed by atoms with E-state index in [4.69, 9.17) is 4.42 Å². The van der Waals surface area contributed by atoms with Crippen molar-refractivity contribution in [1.82, 2.24) is 10.3 Å². The fraction of sp³-hybridized carbons (Fsp3) is 0.208. The Morgan fingerprint density at radius 1 is 1.07 bits per heavy atom. The van der Waals surface area contributed by atoms with Crippen molar-refractivity contribution < 1.29 is 8.81 Å². The van der Waals surface area contributed by atoms with E-state index in [1.807, 2.05) is 30.3 Å². The molecule has 0 saturated carbocycles. The van der Waals surface area contributed by atoms with Gasteiger partial charge in [-0.15, -0.1) is 0 Å². The van der Waals surface area contributed by atoms with Crippen LogP contribution in [0, 0.1) is 5.82 Å². The molecule has 2 N–H and O–H groups in total. The highest BCUT2D eigenvalue weighted by Gasteiger charge is 2.16. The van der Waals surface area contributed by atoms with E-state index < -0.39 is 0 Å². The summed E-state index contributed by atoms with van der Waals surface area (Å²) in [6.07, 6.45) is 3.20. The Morgan fingerprint density at radius 3 is 2.59 bits per heavy atom. The fourth-order valence-corrected chi connectivity index (χ4v) is 3.50. The van der Waals surface area contributed by atoms with E-state index in [1.165, 1.54) is 17.7 Å². The summed E-state index contributed by atoms with van der Waals surface area (Å²) >= 11 is 0. The third kappa shape index (κ3) is 4.46. The number of pyridine rings is 1. The summed E-state index contributed by atoms with van der Waals surface area (Å²) in [6, 6.07) is 18.1. The lowest BCUT2D eigenvalue weighted by Crippen LogP contribution is -2.26. The third-order valence-corrected chi connectivity index (χ3v) is 5.17. The standard InChI is InChI=1S/C24H23FN2O2/c1-2-16-7-10-21-18(12-16)14-19(24(28)27-21)15-26-22(23-4-3-11-29-23)13-17-5-8-20(25)9-6-17/h3-12,14,22,26H,2,13,15H2,1H3,(H,27,28). The molecule has 0 amide bonds. The highest BCUT2D eigenvalue weighted by Crippen LogP contribution is 2.20. The molecule has 0 spiro atoms. The Labute approximate surface area is 168 Å². The number of aromatic amines is 1. The molecular weight excluding hydrogens is 367 g/mol. The van der Waals surface area contributed by atoms with Gasteiger partial charge >= 0.3 is 0 Å². The molecule has 148 valence electrons. The fourth-order valence-electron chi connectivity index (χ4n) is 3.50. The van der Waals surface area contributed by atoms with Crippen LogP contribution in [0.2, 0.25) is 0 Å². The van der Waals surface area contributed by atoms with Crippen LogP contribution in [0.25, 0.3) is 10.9 Å². The first-order chi connectivity index (χ1) is 14.1. The third-order valence-electron chi connectivity index (χ3n) is 5.17. The maximum Gasteiger partial charge on any atom is 0.252 e. The molecule has 1 unspecified atom stereocenters. The predicted molar refractivity (Wildman–Crippen MR) is 112 cm³/mol. The number of aromatic nitrogens is 1. The summed E-state index contributed by atoms with van der Waals surface area (Å²) in [4.78, 5) is 15.5. The molecule has 1 atom stereocenters. The molecule has 0 fully saturated rings. The van der Waals surface area contributed by atoms with Crippen molar-refractivity contribution in [2.75, 3.05) is 0 Å². The number of furan rings is 1. The van der Waals surface area contributed by atoms with Crippen LogP contribution < -0.4 is 10.9 Å². The zero-order valence-corrected chi connectivity index (χ0v) is 16.2. The molecule has 4 rings (SSSR count). The van der Waals surface area contributed by atoms with Gasteiger partial charge in [-0.25, -0.2) is 4.39 Å². The van der Waals surface area contributed by atoms with Gasteiger partial charge in [0.05, 0.1) is 12.3 Å². The summed E-state index contributed by atoms with van der Waals surface area (Å²) in [7, 11) is 0. The van der Waals surface area contributed by atoms with Crippen molar-refractivity contribution in [2.45, 2.75) is 32.4 Å². The number of benzene rings is 2. The smallest absolute Gasteiger partial charge is 0.252 e. The Balaban J connectivity index is 1.57. The lowest BCUT2D eigenvalue weighted by atomic mass is 10.0. The average molecular weight is 390 g/mol. The van der Waals surface area contributed by atoms with Crippen LogP contribution >= 0.6 is 0 Å². The number of rotatable bonds is 7. The summed E-state index contributed by atoms with van der Waals surface area (Å²) in [5, 5.41) is 4.45. The largest absolute Gasteiger partial charge is 0.468 e. The van der Waals surface area contributed by atoms with Gasteiger partial charge in [-0.2, -0.15) is 0 Å². The Morgan fingerprint density at radius 2 is 1.86 bits per heavy atom.